The SMILES string of the molecule is NC(=O)N1CC(n2cc(-c3ccccc3)nn2)C1. The Balaban J connectivity index is 1.74. The molecule has 1 aliphatic rings. The number of urea groups is 1. The molecule has 6 nitrogen and oxygen atoms in total. The van der Waals surface area contributed by atoms with Crippen LogP contribution < -0.4 is 5.73 Å². The highest BCUT2D eigenvalue weighted by Gasteiger charge is 2.31. The van der Waals surface area contributed by atoms with Gasteiger partial charge in [-0.15, -0.1) is 5.10 Å². The van der Waals surface area contributed by atoms with Gasteiger partial charge in [0.25, 0.3) is 0 Å². The molecule has 2 amide bonds. The van der Waals surface area contributed by atoms with E-state index in [-0.39, 0.29) is 12.1 Å². The molecular formula is C12H13N5O. The van der Waals surface area contributed by atoms with Crippen LogP contribution in [0.25, 0.3) is 11.3 Å². The lowest BCUT2D eigenvalue weighted by molar-refractivity contribution is 0.124. The van der Waals surface area contributed by atoms with Gasteiger partial charge >= 0.3 is 6.03 Å². The first-order chi connectivity index (χ1) is 8.74. The molecule has 0 atom stereocenters. The van der Waals surface area contributed by atoms with Gasteiger partial charge in [0, 0.05) is 18.7 Å². The van der Waals surface area contributed by atoms with E-state index in [1.54, 1.807) is 9.58 Å². The third kappa shape index (κ3) is 1.81. The summed E-state index contributed by atoms with van der Waals surface area (Å²) in [5.41, 5.74) is 7.05. The standard InChI is InChI=1S/C12H13N5O/c13-12(18)16-6-10(7-16)17-8-11(14-15-17)9-4-2-1-3-5-9/h1-5,8,10H,6-7H2,(H2,13,18). The number of primary amides is 1. The molecule has 1 aliphatic heterocycles. The molecule has 0 unspecified atom stereocenters. The molecule has 0 aliphatic carbocycles. The third-order valence-electron chi connectivity index (χ3n) is 3.13. The van der Waals surface area contributed by atoms with Gasteiger partial charge in [0.15, 0.2) is 0 Å². The van der Waals surface area contributed by atoms with Crippen LogP contribution in [0, 0.1) is 0 Å². The lowest BCUT2D eigenvalue weighted by Crippen LogP contribution is -2.52. The first kappa shape index (κ1) is 10.8. The van der Waals surface area contributed by atoms with Crippen molar-refractivity contribution in [3.05, 3.63) is 36.5 Å². The maximum Gasteiger partial charge on any atom is 0.314 e. The Morgan fingerprint density at radius 3 is 2.67 bits per heavy atom. The van der Waals surface area contributed by atoms with Crippen molar-refractivity contribution in [2.24, 2.45) is 5.73 Å². The van der Waals surface area contributed by atoms with Gasteiger partial charge in [0.1, 0.15) is 5.69 Å². The molecule has 3 rings (SSSR count). The zero-order chi connectivity index (χ0) is 12.5. The third-order valence-corrected chi connectivity index (χ3v) is 3.13. The molecule has 0 spiro atoms. The lowest BCUT2D eigenvalue weighted by Gasteiger charge is -2.37. The number of nitrogens with zero attached hydrogens (tertiary/aromatic N) is 4. The summed E-state index contributed by atoms with van der Waals surface area (Å²) in [5, 5.41) is 8.23. The number of hydrogen-bond acceptors (Lipinski definition) is 3. The van der Waals surface area contributed by atoms with Crippen LogP contribution >= 0.6 is 0 Å². The normalized spacial score (nSPS) is 15.4. The summed E-state index contributed by atoms with van der Waals surface area (Å²) in [6, 6.07) is 9.68. The van der Waals surface area contributed by atoms with Gasteiger partial charge in [0.2, 0.25) is 0 Å². The fourth-order valence-electron chi connectivity index (χ4n) is 2.00. The van der Waals surface area contributed by atoms with Crippen molar-refractivity contribution in [1.82, 2.24) is 19.9 Å². The van der Waals surface area contributed by atoms with Crippen LogP contribution in [0.4, 0.5) is 4.79 Å². The fourth-order valence-corrected chi connectivity index (χ4v) is 2.00. The number of amides is 2. The highest BCUT2D eigenvalue weighted by Crippen LogP contribution is 2.22. The smallest absolute Gasteiger partial charge is 0.314 e. The topological polar surface area (TPSA) is 77.0 Å². The minimum atomic E-state index is -0.380. The van der Waals surface area contributed by atoms with Crippen molar-refractivity contribution in [2.75, 3.05) is 13.1 Å². The van der Waals surface area contributed by atoms with Gasteiger partial charge in [-0.05, 0) is 0 Å². The summed E-state index contributed by atoms with van der Waals surface area (Å²) in [6.07, 6.45) is 1.90. The summed E-state index contributed by atoms with van der Waals surface area (Å²) in [5.74, 6) is 0. The average Bonchev–Trinajstić information content (AvgIpc) is 2.77. The van der Waals surface area contributed by atoms with Crippen LogP contribution in [0.5, 0.6) is 0 Å². The largest absolute Gasteiger partial charge is 0.351 e. The van der Waals surface area contributed by atoms with Gasteiger partial charge < -0.3 is 10.6 Å². The van der Waals surface area contributed by atoms with E-state index < -0.39 is 0 Å². The minimum absolute atomic E-state index is 0.183. The summed E-state index contributed by atoms with van der Waals surface area (Å²) < 4.78 is 1.79. The predicted molar refractivity (Wildman–Crippen MR) is 65.7 cm³/mol. The van der Waals surface area contributed by atoms with E-state index >= 15 is 0 Å². The second kappa shape index (κ2) is 4.14. The first-order valence-electron chi connectivity index (χ1n) is 5.75. The first-order valence-corrected chi connectivity index (χ1v) is 5.75. The number of likely N-dealkylation sites (tertiary alicyclic amines) is 1. The maximum atomic E-state index is 10.9. The minimum Gasteiger partial charge on any atom is -0.351 e. The maximum absolute atomic E-state index is 10.9. The Bertz CT molecular complexity index is 559. The van der Waals surface area contributed by atoms with Crippen molar-refractivity contribution in [1.29, 1.82) is 0 Å². The van der Waals surface area contributed by atoms with Crippen LogP contribution in [0.15, 0.2) is 36.5 Å². The Labute approximate surface area is 104 Å². The summed E-state index contributed by atoms with van der Waals surface area (Å²) in [4.78, 5) is 12.5. The van der Waals surface area contributed by atoms with Crippen LogP contribution in [0.2, 0.25) is 0 Å². The van der Waals surface area contributed by atoms with E-state index in [9.17, 15) is 4.79 Å². The molecule has 6 heteroatoms. The molecule has 0 radical (unpaired) electrons. The highest BCUT2D eigenvalue weighted by molar-refractivity contribution is 5.73. The van der Waals surface area contributed by atoms with E-state index in [4.69, 9.17) is 5.73 Å². The van der Waals surface area contributed by atoms with Crippen LogP contribution in [0.1, 0.15) is 6.04 Å². The molecule has 1 aromatic heterocycles. The van der Waals surface area contributed by atoms with E-state index in [2.05, 4.69) is 10.3 Å². The molecule has 2 N–H and O–H groups in total. The number of carbonyl (C=O) groups is 1. The number of benzene rings is 1. The second-order valence-corrected chi connectivity index (χ2v) is 4.35. The zero-order valence-electron chi connectivity index (χ0n) is 9.73. The van der Waals surface area contributed by atoms with Crippen molar-refractivity contribution < 1.29 is 4.79 Å². The monoisotopic (exact) mass is 243 g/mol. The molecule has 2 aromatic rings. The molecule has 18 heavy (non-hydrogen) atoms. The summed E-state index contributed by atoms with van der Waals surface area (Å²) in [7, 11) is 0. The van der Waals surface area contributed by atoms with Crippen molar-refractivity contribution in [3.8, 4) is 11.3 Å². The van der Waals surface area contributed by atoms with Gasteiger partial charge in [-0.25, -0.2) is 9.48 Å². The molecule has 92 valence electrons. The molecule has 0 bridgehead atoms. The number of hydrogen-bond donors (Lipinski definition) is 1. The molecule has 1 aromatic carbocycles. The van der Waals surface area contributed by atoms with E-state index in [0.29, 0.717) is 13.1 Å². The summed E-state index contributed by atoms with van der Waals surface area (Å²) >= 11 is 0. The van der Waals surface area contributed by atoms with Crippen molar-refractivity contribution in [2.45, 2.75) is 6.04 Å². The molecular weight excluding hydrogens is 230 g/mol. The predicted octanol–water partition coefficient (Wildman–Crippen LogP) is 0.880. The number of aromatic nitrogens is 3. The fraction of sp³-hybridized carbons (Fsp3) is 0.250. The Morgan fingerprint density at radius 2 is 2.00 bits per heavy atom. The Hall–Kier alpha value is -2.37. The highest BCUT2D eigenvalue weighted by atomic mass is 16.2. The quantitative estimate of drug-likeness (QED) is 0.850. The lowest BCUT2D eigenvalue weighted by atomic mass is 10.1. The number of carbonyl (C=O) groups excluding carboxylic acids is 1. The molecule has 2 heterocycles. The average molecular weight is 243 g/mol. The Kier molecular flexibility index (Phi) is 2.47. The van der Waals surface area contributed by atoms with Gasteiger partial charge in [-0.2, -0.15) is 0 Å². The Morgan fingerprint density at radius 1 is 1.28 bits per heavy atom. The van der Waals surface area contributed by atoms with Gasteiger partial charge in [0.05, 0.1) is 12.2 Å². The van der Waals surface area contributed by atoms with Crippen molar-refractivity contribution >= 4 is 6.03 Å². The van der Waals surface area contributed by atoms with E-state index in [0.717, 1.165) is 11.3 Å². The van der Waals surface area contributed by atoms with Crippen LogP contribution in [-0.2, 0) is 0 Å². The van der Waals surface area contributed by atoms with E-state index in [1.807, 2.05) is 36.5 Å². The van der Waals surface area contributed by atoms with Gasteiger partial charge in [-0.3, -0.25) is 0 Å². The molecule has 1 saturated heterocycles. The molecule has 1 fully saturated rings. The van der Waals surface area contributed by atoms with Crippen LogP contribution in [0.3, 0.4) is 0 Å². The number of rotatable bonds is 2. The second-order valence-electron chi connectivity index (χ2n) is 4.35. The summed E-state index contributed by atoms with van der Waals surface area (Å²) in [6.45, 7) is 1.21. The zero-order valence-corrected chi connectivity index (χ0v) is 9.73. The van der Waals surface area contributed by atoms with Crippen LogP contribution in [-0.4, -0.2) is 39.0 Å². The van der Waals surface area contributed by atoms with Crippen molar-refractivity contribution in [3.63, 3.8) is 0 Å². The number of nitrogens with two attached hydrogens (primary N) is 1. The van der Waals surface area contributed by atoms with Gasteiger partial charge in [-0.1, -0.05) is 35.5 Å². The van der Waals surface area contributed by atoms with E-state index in [1.165, 1.54) is 0 Å². The molecule has 0 saturated carbocycles.